The monoisotopic (exact) mass is 475 g/mol. The Hall–Kier alpha value is -3.75. The van der Waals surface area contributed by atoms with E-state index < -0.39 is 90.9 Å². The van der Waals surface area contributed by atoms with Gasteiger partial charge in [-0.25, -0.2) is 4.79 Å². The number of amides is 4. The summed E-state index contributed by atoms with van der Waals surface area (Å²) >= 11 is 0. The second-order valence-corrected chi connectivity index (χ2v) is 7.31. The molecular weight excluding hydrogens is 446 g/mol. The summed E-state index contributed by atoms with van der Waals surface area (Å²) in [7, 11) is 0. The number of primary amides is 1. The van der Waals surface area contributed by atoms with Gasteiger partial charge in [0, 0.05) is 0 Å². The van der Waals surface area contributed by atoms with Crippen LogP contribution in [0.1, 0.15) is 39.5 Å². The minimum absolute atomic E-state index is 0.367. The van der Waals surface area contributed by atoms with Crippen molar-refractivity contribution in [2.24, 2.45) is 17.4 Å². The van der Waals surface area contributed by atoms with Crippen molar-refractivity contribution in [1.29, 1.82) is 0 Å². The number of aliphatic carboxylic acids is 3. The summed E-state index contributed by atoms with van der Waals surface area (Å²) in [6, 6.07) is -6.44. The van der Waals surface area contributed by atoms with Crippen molar-refractivity contribution in [3.05, 3.63) is 0 Å². The van der Waals surface area contributed by atoms with Crippen LogP contribution < -0.4 is 27.4 Å². The van der Waals surface area contributed by atoms with Gasteiger partial charge in [0.05, 0.1) is 25.3 Å². The van der Waals surface area contributed by atoms with Gasteiger partial charge in [-0.05, 0) is 5.92 Å². The van der Waals surface area contributed by atoms with Crippen molar-refractivity contribution in [3.63, 3.8) is 0 Å². The van der Waals surface area contributed by atoms with Crippen LogP contribution in [0.5, 0.6) is 0 Å². The van der Waals surface area contributed by atoms with Gasteiger partial charge in [-0.3, -0.25) is 28.8 Å². The Morgan fingerprint density at radius 2 is 1.18 bits per heavy atom. The largest absolute Gasteiger partial charge is 0.481 e. The maximum absolute atomic E-state index is 12.6. The van der Waals surface area contributed by atoms with Gasteiger partial charge in [-0.1, -0.05) is 20.3 Å². The molecule has 0 aliphatic carbocycles. The predicted octanol–water partition coefficient (Wildman–Crippen LogP) is -3.28. The molecule has 0 saturated carbocycles. The SMILES string of the molecule is CCC(C)C(NC(=O)C(CC(=O)O)NC(=O)C(CC(=O)O)NC(=O)C(N)CC(N)=O)C(=O)O. The zero-order valence-electron chi connectivity index (χ0n) is 18.1. The lowest BCUT2D eigenvalue weighted by Crippen LogP contribution is -2.58. The molecule has 0 aromatic carbocycles. The first-order valence-electron chi connectivity index (χ1n) is 9.80. The molecule has 15 heteroatoms. The summed E-state index contributed by atoms with van der Waals surface area (Å²) in [6.45, 7) is 3.21. The number of hydrogen-bond acceptors (Lipinski definition) is 8. The molecule has 186 valence electrons. The third-order valence-electron chi connectivity index (χ3n) is 4.56. The van der Waals surface area contributed by atoms with Gasteiger partial charge >= 0.3 is 17.9 Å². The number of carboxylic acid groups (broad SMARTS) is 3. The van der Waals surface area contributed by atoms with Gasteiger partial charge in [-0.15, -0.1) is 0 Å². The van der Waals surface area contributed by atoms with E-state index in [2.05, 4.69) is 5.32 Å². The zero-order chi connectivity index (χ0) is 25.9. The summed E-state index contributed by atoms with van der Waals surface area (Å²) in [5, 5.41) is 33.5. The number of nitrogens with one attached hydrogen (secondary N) is 3. The number of hydrogen-bond donors (Lipinski definition) is 8. The summed E-state index contributed by atoms with van der Waals surface area (Å²) in [4.78, 5) is 81.7. The van der Waals surface area contributed by atoms with Crippen molar-refractivity contribution in [2.45, 2.75) is 63.7 Å². The van der Waals surface area contributed by atoms with Crippen LogP contribution in [0.2, 0.25) is 0 Å². The molecule has 0 aliphatic heterocycles. The van der Waals surface area contributed by atoms with E-state index in [1.165, 1.54) is 6.92 Å². The minimum Gasteiger partial charge on any atom is -0.481 e. The molecule has 0 saturated heterocycles. The van der Waals surface area contributed by atoms with Crippen LogP contribution in [0.25, 0.3) is 0 Å². The molecule has 5 atom stereocenters. The first kappa shape index (κ1) is 29.2. The lowest BCUT2D eigenvalue weighted by atomic mass is 9.98. The Morgan fingerprint density at radius 1 is 0.758 bits per heavy atom. The van der Waals surface area contributed by atoms with Crippen LogP contribution in [-0.2, 0) is 33.6 Å². The highest BCUT2D eigenvalue weighted by atomic mass is 16.4. The molecule has 0 radical (unpaired) electrons. The standard InChI is InChI=1S/C18H29N5O10/c1-3-7(2)14(18(32)33)23-17(31)10(6-13(27)28)22-16(30)9(5-12(25)26)21-15(29)8(19)4-11(20)24/h7-10,14H,3-6,19H2,1-2H3,(H2,20,24)(H,21,29)(H,22,30)(H,23,31)(H,25,26)(H,27,28)(H,32,33). The topological polar surface area (TPSA) is 268 Å². The summed E-state index contributed by atoms with van der Waals surface area (Å²) in [5.74, 6) is -9.34. The normalized spacial score (nSPS) is 15.1. The Balaban J connectivity index is 5.61. The number of rotatable bonds is 15. The fraction of sp³-hybridized carbons (Fsp3) is 0.611. The smallest absolute Gasteiger partial charge is 0.326 e. The number of carboxylic acids is 3. The first-order valence-corrected chi connectivity index (χ1v) is 9.80. The summed E-state index contributed by atoms with van der Waals surface area (Å²) in [5.41, 5.74) is 10.4. The Bertz CT molecular complexity index is 787. The third-order valence-corrected chi connectivity index (χ3v) is 4.56. The average Bonchev–Trinajstić information content (AvgIpc) is 2.68. The van der Waals surface area contributed by atoms with Crippen LogP contribution in [0, 0.1) is 5.92 Å². The van der Waals surface area contributed by atoms with E-state index in [-0.39, 0.29) is 0 Å². The number of carbonyl (C=O) groups excluding carboxylic acids is 4. The number of nitrogens with two attached hydrogens (primary N) is 2. The molecule has 0 aromatic rings. The first-order chi connectivity index (χ1) is 15.2. The van der Waals surface area contributed by atoms with E-state index in [0.29, 0.717) is 6.42 Å². The lowest BCUT2D eigenvalue weighted by Gasteiger charge is -2.25. The highest BCUT2D eigenvalue weighted by Gasteiger charge is 2.33. The van der Waals surface area contributed by atoms with Gasteiger partial charge in [0.1, 0.15) is 18.1 Å². The molecule has 0 rings (SSSR count). The van der Waals surface area contributed by atoms with Crippen molar-refractivity contribution >= 4 is 41.5 Å². The third kappa shape index (κ3) is 10.9. The molecule has 10 N–H and O–H groups in total. The highest BCUT2D eigenvalue weighted by Crippen LogP contribution is 2.09. The molecule has 0 aliphatic rings. The number of carbonyl (C=O) groups is 7. The predicted molar refractivity (Wildman–Crippen MR) is 109 cm³/mol. The lowest BCUT2D eigenvalue weighted by molar-refractivity contribution is -0.145. The second-order valence-electron chi connectivity index (χ2n) is 7.31. The van der Waals surface area contributed by atoms with E-state index in [9.17, 15) is 38.7 Å². The molecule has 0 fully saturated rings. The quantitative estimate of drug-likeness (QED) is 0.116. The van der Waals surface area contributed by atoms with E-state index in [1.807, 2.05) is 10.6 Å². The Morgan fingerprint density at radius 3 is 1.55 bits per heavy atom. The average molecular weight is 475 g/mol. The van der Waals surface area contributed by atoms with Gasteiger partial charge in [0.2, 0.25) is 23.6 Å². The molecule has 0 aromatic heterocycles. The van der Waals surface area contributed by atoms with Crippen LogP contribution in [0.4, 0.5) is 0 Å². The van der Waals surface area contributed by atoms with E-state index in [0.717, 1.165) is 0 Å². The summed E-state index contributed by atoms with van der Waals surface area (Å²) < 4.78 is 0. The fourth-order valence-electron chi connectivity index (χ4n) is 2.57. The van der Waals surface area contributed by atoms with E-state index in [4.69, 9.17) is 21.7 Å². The van der Waals surface area contributed by atoms with Crippen LogP contribution in [-0.4, -0.2) is 81.0 Å². The van der Waals surface area contributed by atoms with Gasteiger partial charge < -0.3 is 42.7 Å². The summed E-state index contributed by atoms with van der Waals surface area (Å²) in [6.07, 6.45) is -2.15. The van der Waals surface area contributed by atoms with Crippen molar-refractivity contribution in [2.75, 3.05) is 0 Å². The molecule has 0 spiro atoms. The maximum Gasteiger partial charge on any atom is 0.326 e. The molecule has 0 heterocycles. The second kappa shape index (κ2) is 13.6. The van der Waals surface area contributed by atoms with Crippen molar-refractivity contribution in [3.8, 4) is 0 Å². The van der Waals surface area contributed by atoms with Gasteiger partial charge in [-0.2, -0.15) is 0 Å². The van der Waals surface area contributed by atoms with Crippen molar-refractivity contribution < 1.29 is 48.9 Å². The van der Waals surface area contributed by atoms with Gasteiger partial charge in [0.15, 0.2) is 0 Å². The zero-order valence-corrected chi connectivity index (χ0v) is 18.1. The van der Waals surface area contributed by atoms with Crippen LogP contribution in [0.15, 0.2) is 0 Å². The Labute approximate surface area is 188 Å². The maximum atomic E-state index is 12.6. The van der Waals surface area contributed by atoms with E-state index >= 15 is 0 Å². The molecule has 5 unspecified atom stereocenters. The Kier molecular flexibility index (Phi) is 12.1. The molecule has 33 heavy (non-hydrogen) atoms. The molecule has 0 bridgehead atoms. The highest BCUT2D eigenvalue weighted by molar-refractivity contribution is 5.97. The van der Waals surface area contributed by atoms with Crippen molar-refractivity contribution in [1.82, 2.24) is 16.0 Å². The minimum atomic E-state index is -1.79. The molecule has 15 nitrogen and oxygen atoms in total. The fourth-order valence-corrected chi connectivity index (χ4v) is 2.57. The molecule has 4 amide bonds. The van der Waals surface area contributed by atoms with Gasteiger partial charge in [0.25, 0.3) is 0 Å². The van der Waals surface area contributed by atoms with E-state index in [1.54, 1.807) is 6.92 Å². The van der Waals surface area contributed by atoms with Crippen LogP contribution >= 0.6 is 0 Å². The van der Waals surface area contributed by atoms with Crippen LogP contribution in [0.3, 0.4) is 0 Å². The molecular formula is C18H29N5O10.